The van der Waals surface area contributed by atoms with Crippen LogP contribution in [0, 0.1) is 13.8 Å². The zero-order valence-corrected chi connectivity index (χ0v) is 12.6. The Kier molecular flexibility index (Phi) is 7.02. The fourth-order valence-corrected chi connectivity index (χ4v) is 2.29. The molecule has 0 aliphatic heterocycles. The zero-order chi connectivity index (χ0) is 13.4. The third-order valence-corrected chi connectivity index (χ3v) is 3.48. The van der Waals surface area contributed by atoms with Gasteiger partial charge < -0.3 is 5.32 Å². The molecule has 0 amide bonds. The van der Waals surface area contributed by atoms with Gasteiger partial charge in [0.25, 0.3) is 0 Å². The van der Waals surface area contributed by atoms with Crippen molar-refractivity contribution in [1.82, 2.24) is 15.1 Å². The number of hydrogen-bond donors (Lipinski definition) is 1. The summed E-state index contributed by atoms with van der Waals surface area (Å²) in [7, 11) is 0. The molecule has 0 bridgehead atoms. The lowest BCUT2D eigenvalue weighted by Gasteiger charge is -2.06. The first kappa shape index (κ1) is 15.2. The zero-order valence-electron chi connectivity index (χ0n) is 12.6. The normalized spacial score (nSPS) is 11.1. The van der Waals surface area contributed by atoms with Gasteiger partial charge in [0.2, 0.25) is 0 Å². The Bertz CT molecular complexity index is 342. The molecule has 3 heteroatoms. The molecule has 18 heavy (non-hydrogen) atoms. The molecule has 3 nitrogen and oxygen atoms in total. The van der Waals surface area contributed by atoms with Gasteiger partial charge in [0.05, 0.1) is 5.69 Å². The van der Waals surface area contributed by atoms with Gasteiger partial charge in [-0.05, 0) is 33.2 Å². The van der Waals surface area contributed by atoms with Crippen LogP contribution in [-0.2, 0) is 13.1 Å². The molecule has 1 aromatic heterocycles. The van der Waals surface area contributed by atoms with Crippen molar-refractivity contribution in [1.29, 1.82) is 0 Å². The summed E-state index contributed by atoms with van der Waals surface area (Å²) in [5.41, 5.74) is 3.91. The van der Waals surface area contributed by atoms with Crippen LogP contribution in [0.5, 0.6) is 0 Å². The highest BCUT2D eigenvalue weighted by molar-refractivity contribution is 5.24. The van der Waals surface area contributed by atoms with Crippen molar-refractivity contribution in [2.24, 2.45) is 0 Å². The van der Waals surface area contributed by atoms with Gasteiger partial charge in [0.15, 0.2) is 0 Å². The van der Waals surface area contributed by atoms with Crippen molar-refractivity contribution in [2.75, 3.05) is 6.54 Å². The summed E-state index contributed by atoms with van der Waals surface area (Å²) in [4.78, 5) is 0. The Morgan fingerprint density at radius 1 is 1.06 bits per heavy atom. The van der Waals surface area contributed by atoms with E-state index in [-0.39, 0.29) is 0 Å². The second kappa shape index (κ2) is 8.30. The van der Waals surface area contributed by atoms with E-state index in [1.807, 2.05) is 0 Å². The minimum atomic E-state index is 0.959. The molecule has 0 saturated heterocycles. The summed E-state index contributed by atoms with van der Waals surface area (Å²) in [5.74, 6) is 0. The lowest BCUT2D eigenvalue weighted by Crippen LogP contribution is -2.15. The molecule has 1 rings (SSSR count). The molecule has 0 spiro atoms. The smallest absolute Gasteiger partial charge is 0.0641 e. The number of aromatic nitrogens is 2. The molecule has 0 fully saturated rings. The quantitative estimate of drug-likeness (QED) is 0.680. The maximum Gasteiger partial charge on any atom is 0.0641 e. The van der Waals surface area contributed by atoms with Gasteiger partial charge in [-0.3, -0.25) is 4.68 Å². The first-order valence-corrected chi connectivity index (χ1v) is 7.44. The average molecular weight is 251 g/mol. The number of nitrogens with one attached hydrogen (secondary N) is 1. The van der Waals surface area contributed by atoms with Gasteiger partial charge in [-0.25, -0.2) is 0 Å². The molecule has 0 radical (unpaired) electrons. The number of unbranched alkanes of at least 4 members (excludes halogenated alkanes) is 3. The molecule has 0 aliphatic carbocycles. The maximum atomic E-state index is 4.66. The Morgan fingerprint density at radius 3 is 2.50 bits per heavy atom. The third-order valence-electron chi connectivity index (χ3n) is 3.48. The third kappa shape index (κ3) is 4.45. The molecular weight excluding hydrogens is 222 g/mol. The molecule has 1 heterocycles. The summed E-state index contributed by atoms with van der Waals surface area (Å²) in [6, 6.07) is 0. The highest BCUT2D eigenvalue weighted by Crippen LogP contribution is 2.14. The molecular formula is C15H29N3. The predicted octanol–water partition coefficient (Wildman–Crippen LogP) is 3.58. The first-order chi connectivity index (χ1) is 8.70. The number of hydrogen-bond acceptors (Lipinski definition) is 2. The van der Waals surface area contributed by atoms with Crippen molar-refractivity contribution >= 4 is 0 Å². The molecule has 1 N–H and O–H groups in total. The van der Waals surface area contributed by atoms with E-state index in [1.165, 1.54) is 49.1 Å². The van der Waals surface area contributed by atoms with Crippen molar-refractivity contribution in [3.8, 4) is 0 Å². The van der Waals surface area contributed by atoms with E-state index >= 15 is 0 Å². The van der Waals surface area contributed by atoms with Crippen molar-refractivity contribution in [3.63, 3.8) is 0 Å². The molecule has 0 aromatic carbocycles. The van der Waals surface area contributed by atoms with Crippen LogP contribution in [0.25, 0.3) is 0 Å². The minimum Gasteiger partial charge on any atom is -0.313 e. The van der Waals surface area contributed by atoms with Crippen molar-refractivity contribution < 1.29 is 0 Å². The molecule has 1 aromatic rings. The van der Waals surface area contributed by atoms with Gasteiger partial charge in [-0.15, -0.1) is 0 Å². The molecule has 104 valence electrons. The van der Waals surface area contributed by atoms with E-state index in [9.17, 15) is 0 Å². The van der Waals surface area contributed by atoms with Crippen LogP contribution >= 0.6 is 0 Å². The van der Waals surface area contributed by atoms with Crippen LogP contribution in [-0.4, -0.2) is 16.3 Å². The largest absolute Gasteiger partial charge is 0.313 e. The fourth-order valence-electron chi connectivity index (χ4n) is 2.29. The molecule has 0 unspecified atom stereocenters. The number of nitrogens with zero attached hydrogens (tertiary/aromatic N) is 2. The number of aryl methyl sites for hydroxylation is 2. The molecule has 0 atom stereocenters. The predicted molar refractivity (Wildman–Crippen MR) is 77.8 cm³/mol. The van der Waals surface area contributed by atoms with Crippen LogP contribution in [0.1, 0.15) is 62.9 Å². The van der Waals surface area contributed by atoms with Crippen LogP contribution in [0.15, 0.2) is 0 Å². The summed E-state index contributed by atoms with van der Waals surface area (Å²) in [6.07, 6.45) is 6.38. The van der Waals surface area contributed by atoms with Gasteiger partial charge in [-0.1, -0.05) is 33.1 Å². The van der Waals surface area contributed by atoms with Gasteiger partial charge >= 0.3 is 0 Å². The standard InChI is InChI=1S/C15H29N3/c1-5-7-8-9-11-18-14(4)15(13(3)17-18)12-16-10-6-2/h16H,5-12H2,1-4H3. The maximum absolute atomic E-state index is 4.66. The minimum absolute atomic E-state index is 0.959. The van der Waals surface area contributed by atoms with E-state index in [2.05, 4.69) is 42.8 Å². The summed E-state index contributed by atoms with van der Waals surface area (Å²) in [6.45, 7) is 11.9. The van der Waals surface area contributed by atoms with E-state index in [1.54, 1.807) is 0 Å². The first-order valence-electron chi connectivity index (χ1n) is 7.44. The average Bonchev–Trinajstić information content (AvgIpc) is 2.62. The molecule has 0 saturated carbocycles. The highest BCUT2D eigenvalue weighted by atomic mass is 15.3. The topological polar surface area (TPSA) is 29.9 Å². The van der Waals surface area contributed by atoms with Gasteiger partial charge in [0, 0.05) is 24.3 Å². The Morgan fingerprint density at radius 2 is 1.83 bits per heavy atom. The van der Waals surface area contributed by atoms with Crippen LogP contribution in [0.2, 0.25) is 0 Å². The SMILES string of the molecule is CCCCCCn1nc(C)c(CNCCC)c1C. The lowest BCUT2D eigenvalue weighted by molar-refractivity contribution is 0.528. The Hall–Kier alpha value is -0.830. The van der Waals surface area contributed by atoms with E-state index < -0.39 is 0 Å². The highest BCUT2D eigenvalue weighted by Gasteiger charge is 2.10. The second-order valence-electron chi connectivity index (χ2n) is 5.11. The summed E-state index contributed by atoms with van der Waals surface area (Å²) < 4.78 is 2.19. The van der Waals surface area contributed by atoms with Crippen molar-refractivity contribution in [3.05, 3.63) is 17.0 Å². The van der Waals surface area contributed by atoms with Crippen LogP contribution in [0.4, 0.5) is 0 Å². The van der Waals surface area contributed by atoms with E-state index in [4.69, 9.17) is 0 Å². The summed E-state index contributed by atoms with van der Waals surface area (Å²) >= 11 is 0. The van der Waals surface area contributed by atoms with Gasteiger partial charge in [-0.2, -0.15) is 5.10 Å². The lowest BCUT2D eigenvalue weighted by atomic mass is 10.2. The van der Waals surface area contributed by atoms with Crippen LogP contribution < -0.4 is 5.32 Å². The Balaban J connectivity index is 2.51. The molecule has 0 aliphatic rings. The summed E-state index contributed by atoms with van der Waals surface area (Å²) in [5, 5.41) is 8.13. The van der Waals surface area contributed by atoms with E-state index in [0.717, 1.165) is 19.6 Å². The van der Waals surface area contributed by atoms with Crippen LogP contribution in [0.3, 0.4) is 0 Å². The monoisotopic (exact) mass is 251 g/mol. The van der Waals surface area contributed by atoms with Crippen molar-refractivity contribution in [2.45, 2.75) is 72.9 Å². The fraction of sp³-hybridized carbons (Fsp3) is 0.800. The van der Waals surface area contributed by atoms with E-state index in [0.29, 0.717) is 0 Å². The number of rotatable bonds is 9. The Labute approximate surface area is 112 Å². The second-order valence-corrected chi connectivity index (χ2v) is 5.11. The van der Waals surface area contributed by atoms with Gasteiger partial charge in [0.1, 0.15) is 0 Å².